The van der Waals surface area contributed by atoms with Gasteiger partial charge in [-0.05, 0) is 66.6 Å². The summed E-state index contributed by atoms with van der Waals surface area (Å²) in [6.45, 7) is 4.37. The number of hydrogen-bond donors (Lipinski definition) is 0. The summed E-state index contributed by atoms with van der Waals surface area (Å²) in [5.41, 5.74) is 2.80. The first-order valence-electron chi connectivity index (χ1n) is 10.8. The monoisotopic (exact) mass is 412 g/mol. The van der Waals surface area contributed by atoms with E-state index in [9.17, 15) is 8.78 Å². The number of halogens is 2. The fourth-order valence-corrected chi connectivity index (χ4v) is 4.71. The second-order valence-electron chi connectivity index (χ2n) is 7.69. The normalized spacial score (nSPS) is 11.2. The molecular weight excluding hydrogens is 382 g/mol. The fraction of sp³-hybridized carbons (Fsp3) is 0.385. The van der Waals surface area contributed by atoms with Gasteiger partial charge in [-0.2, -0.15) is 0 Å². The molecule has 0 fully saturated rings. The van der Waals surface area contributed by atoms with E-state index < -0.39 is 11.6 Å². The minimum atomic E-state index is -0.492. The lowest BCUT2D eigenvalue weighted by molar-refractivity contribution is 0.591. The van der Waals surface area contributed by atoms with E-state index in [1.54, 1.807) is 0 Å². The zero-order valence-electron chi connectivity index (χ0n) is 17.4. The van der Waals surface area contributed by atoms with Crippen LogP contribution in [0.25, 0.3) is 21.6 Å². The van der Waals surface area contributed by atoms with Crippen molar-refractivity contribution < 1.29 is 8.78 Å². The van der Waals surface area contributed by atoms with E-state index >= 15 is 0 Å². The molecule has 0 bridgehead atoms. The summed E-state index contributed by atoms with van der Waals surface area (Å²) in [6, 6.07) is 14.8. The van der Waals surface area contributed by atoms with Gasteiger partial charge in [0.2, 0.25) is 0 Å². The molecule has 1 heterocycles. The summed E-state index contributed by atoms with van der Waals surface area (Å²) in [4.78, 5) is 1.86. The van der Waals surface area contributed by atoms with Crippen LogP contribution in [0.2, 0.25) is 0 Å². The Hall–Kier alpha value is -2.00. The molecule has 3 rings (SSSR count). The van der Waals surface area contributed by atoms with Crippen LogP contribution in [0.5, 0.6) is 0 Å². The minimum absolute atomic E-state index is 0.0941. The van der Waals surface area contributed by atoms with Gasteiger partial charge in [0.1, 0.15) is 11.6 Å². The average Bonchev–Trinajstić information content (AvgIpc) is 3.17. The first-order chi connectivity index (χ1) is 14.1. The van der Waals surface area contributed by atoms with Crippen LogP contribution >= 0.6 is 11.3 Å². The average molecular weight is 413 g/mol. The van der Waals surface area contributed by atoms with E-state index in [1.807, 2.05) is 24.3 Å². The van der Waals surface area contributed by atoms with E-state index in [4.69, 9.17) is 0 Å². The van der Waals surface area contributed by atoms with Crippen LogP contribution < -0.4 is 0 Å². The lowest BCUT2D eigenvalue weighted by Gasteiger charge is -2.08. The molecule has 0 unspecified atom stereocenters. The highest BCUT2D eigenvalue weighted by Crippen LogP contribution is 2.35. The summed E-state index contributed by atoms with van der Waals surface area (Å²) < 4.78 is 29.7. The van der Waals surface area contributed by atoms with Crippen molar-refractivity contribution in [3.63, 3.8) is 0 Å². The quantitative estimate of drug-likeness (QED) is 0.292. The van der Waals surface area contributed by atoms with Gasteiger partial charge in [-0.15, -0.1) is 11.3 Å². The molecule has 0 atom stereocenters. The van der Waals surface area contributed by atoms with Gasteiger partial charge in [-0.3, -0.25) is 0 Å². The zero-order chi connectivity index (χ0) is 20.6. The van der Waals surface area contributed by atoms with E-state index in [2.05, 4.69) is 26.0 Å². The smallest absolute Gasteiger partial charge is 0.135 e. The highest BCUT2D eigenvalue weighted by molar-refractivity contribution is 7.15. The van der Waals surface area contributed by atoms with Crippen LogP contribution in [0.1, 0.15) is 62.8 Å². The molecular formula is C26H30F2S. The largest absolute Gasteiger partial charge is 0.206 e. The Kier molecular flexibility index (Phi) is 8.00. The molecule has 0 saturated carbocycles. The number of benzene rings is 2. The van der Waals surface area contributed by atoms with Gasteiger partial charge < -0.3 is 0 Å². The summed E-state index contributed by atoms with van der Waals surface area (Å²) >= 11 is 1.50. The third kappa shape index (κ3) is 5.76. The SMILES string of the molecule is CCCCCc1ccc(-c2cc(F)c(-c3ccc(CCCCC)s3)c(F)c2)cc1. The minimum Gasteiger partial charge on any atom is -0.206 e. The van der Waals surface area contributed by atoms with Crippen molar-refractivity contribution in [2.24, 2.45) is 0 Å². The Balaban J connectivity index is 1.77. The predicted molar refractivity (Wildman–Crippen MR) is 122 cm³/mol. The van der Waals surface area contributed by atoms with Gasteiger partial charge in [0, 0.05) is 9.75 Å². The maximum atomic E-state index is 14.8. The standard InChI is InChI=1S/C26H30F2S/c1-3-5-7-9-19-11-13-20(14-12-19)21-17-23(27)26(24(28)18-21)25-16-15-22(29-25)10-8-6-4-2/h11-18H,3-10H2,1-2H3. The first kappa shape index (κ1) is 21.7. The molecule has 29 heavy (non-hydrogen) atoms. The van der Waals surface area contributed by atoms with Crippen molar-refractivity contribution in [2.75, 3.05) is 0 Å². The number of thiophene rings is 1. The molecule has 3 aromatic rings. The van der Waals surface area contributed by atoms with Crippen LogP contribution in [0.4, 0.5) is 8.78 Å². The number of hydrogen-bond acceptors (Lipinski definition) is 1. The number of aryl methyl sites for hydroxylation is 2. The predicted octanol–water partition coefficient (Wildman–Crippen LogP) is 8.83. The molecule has 0 nitrogen and oxygen atoms in total. The van der Waals surface area contributed by atoms with E-state index in [1.165, 1.54) is 66.0 Å². The highest BCUT2D eigenvalue weighted by Gasteiger charge is 2.16. The van der Waals surface area contributed by atoms with Gasteiger partial charge in [0.05, 0.1) is 5.56 Å². The van der Waals surface area contributed by atoms with Crippen LogP contribution in [-0.2, 0) is 12.8 Å². The lowest BCUT2D eigenvalue weighted by Crippen LogP contribution is -1.91. The molecule has 154 valence electrons. The third-order valence-electron chi connectivity index (χ3n) is 5.33. The first-order valence-corrected chi connectivity index (χ1v) is 11.6. The molecule has 0 N–H and O–H groups in total. The molecule has 3 heteroatoms. The van der Waals surface area contributed by atoms with Crippen molar-refractivity contribution in [2.45, 2.75) is 65.2 Å². The van der Waals surface area contributed by atoms with E-state index in [0.29, 0.717) is 10.4 Å². The van der Waals surface area contributed by atoms with E-state index in [-0.39, 0.29) is 5.56 Å². The molecule has 0 aliphatic carbocycles. The van der Waals surface area contributed by atoms with Crippen molar-refractivity contribution >= 4 is 11.3 Å². The Morgan fingerprint density at radius 1 is 0.690 bits per heavy atom. The number of rotatable bonds is 10. The molecule has 0 aliphatic rings. The van der Waals surface area contributed by atoms with Crippen LogP contribution in [-0.4, -0.2) is 0 Å². The van der Waals surface area contributed by atoms with Crippen LogP contribution in [0.3, 0.4) is 0 Å². The topological polar surface area (TPSA) is 0 Å². The highest BCUT2D eigenvalue weighted by atomic mass is 32.1. The van der Waals surface area contributed by atoms with Gasteiger partial charge in [-0.25, -0.2) is 8.78 Å². The Labute approximate surface area is 177 Å². The second-order valence-corrected chi connectivity index (χ2v) is 8.86. The lowest BCUT2D eigenvalue weighted by atomic mass is 9.99. The van der Waals surface area contributed by atoms with Crippen LogP contribution in [0.15, 0.2) is 48.5 Å². The maximum absolute atomic E-state index is 14.8. The molecule has 2 aromatic carbocycles. The van der Waals surface area contributed by atoms with Gasteiger partial charge in [0.15, 0.2) is 0 Å². The maximum Gasteiger partial charge on any atom is 0.135 e. The van der Waals surface area contributed by atoms with Crippen molar-refractivity contribution in [1.82, 2.24) is 0 Å². The summed E-state index contributed by atoms with van der Waals surface area (Å²) in [5.74, 6) is -0.983. The van der Waals surface area contributed by atoms with Crippen molar-refractivity contribution in [1.29, 1.82) is 0 Å². The Morgan fingerprint density at radius 2 is 1.31 bits per heavy atom. The Morgan fingerprint density at radius 3 is 1.93 bits per heavy atom. The summed E-state index contributed by atoms with van der Waals surface area (Å²) in [5, 5.41) is 0. The van der Waals surface area contributed by atoms with Crippen molar-refractivity contribution in [3.05, 3.63) is 70.6 Å². The van der Waals surface area contributed by atoms with Gasteiger partial charge in [-0.1, -0.05) is 63.8 Å². The Bertz CT molecular complexity index is 886. The number of unbranched alkanes of at least 4 members (excludes halogenated alkanes) is 4. The fourth-order valence-electron chi connectivity index (χ4n) is 3.61. The molecule has 0 spiro atoms. The van der Waals surface area contributed by atoms with Gasteiger partial charge in [0.25, 0.3) is 0 Å². The second kappa shape index (κ2) is 10.7. The van der Waals surface area contributed by atoms with Crippen molar-refractivity contribution in [3.8, 4) is 21.6 Å². The molecule has 0 saturated heterocycles. The molecule has 0 radical (unpaired) electrons. The van der Waals surface area contributed by atoms with Crippen LogP contribution in [0, 0.1) is 11.6 Å². The molecule has 0 aliphatic heterocycles. The van der Waals surface area contributed by atoms with Gasteiger partial charge >= 0.3 is 0 Å². The summed E-state index contributed by atoms with van der Waals surface area (Å²) in [6.07, 6.45) is 9.10. The molecule has 0 amide bonds. The molecule has 1 aromatic heterocycles. The van der Waals surface area contributed by atoms with E-state index in [0.717, 1.165) is 24.8 Å². The summed E-state index contributed by atoms with van der Waals surface area (Å²) in [7, 11) is 0. The zero-order valence-corrected chi connectivity index (χ0v) is 18.3. The third-order valence-corrected chi connectivity index (χ3v) is 6.50.